The molecule has 0 unspecified atom stereocenters. The van der Waals surface area contributed by atoms with Crippen molar-refractivity contribution in [1.29, 1.82) is 0 Å². The van der Waals surface area contributed by atoms with Crippen molar-refractivity contribution >= 4 is 18.4 Å². The summed E-state index contributed by atoms with van der Waals surface area (Å²) < 4.78 is 0. The molecule has 0 N–H and O–H groups in total. The quantitative estimate of drug-likeness (QED) is 0.132. The third-order valence-corrected chi connectivity index (χ3v) is 12.1. The molecule has 8 rings (SSSR count). The second-order valence-electron chi connectivity index (χ2n) is 11.7. The summed E-state index contributed by atoms with van der Waals surface area (Å²) in [5.74, 6) is 0. The molecule has 7 aromatic rings. The minimum atomic E-state index is -1.66. The van der Waals surface area contributed by atoms with Crippen LogP contribution in [0.2, 0.25) is 13.1 Å². The Morgan fingerprint density at radius 2 is 1.02 bits per heavy atom. The molecular formula is C42H32IrN2Si-2. The molecule has 0 bridgehead atoms. The van der Waals surface area contributed by atoms with Crippen molar-refractivity contribution in [2.75, 3.05) is 0 Å². The van der Waals surface area contributed by atoms with Gasteiger partial charge >= 0.3 is 0 Å². The maximum Gasteiger partial charge on any atom is 0.113 e. The van der Waals surface area contributed by atoms with Crippen molar-refractivity contribution in [3.05, 3.63) is 170 Å². The van der Waals surface area contributed by atoms with E-state index in [1.54, 1.807) is 16.6 Å². The van der Waals surface area contributed by atoms with E-state index in [1.807, 2.05) is 72.9 Å². The van der Waals surface area contributed by atoms with Crippen LogP contribution in [0.15, 0.2) is 158 Å². The Labute approximate surface area is 286 Å². The third-order valence-electron chi connectivity index (χ3n) is 8.53. The zero-order valence-electron chi connectivity index (χ0n) is 25.7. The number of nitrogens with zero attached hydrogens (tertiary/aromatic N) is 2. The van der Waals surface area contributed by atoms with E-state index in [0.717, 1.165) is 22.5 Å². The zero-order valence-corrected chi connectivity index (χ0v) is 29.1. The number of hydrogen-bond donors (Lipinski definition) is 0. The van der Waals surface area contributed by atoms with Crippen molar-refractivity contribution in [3.63, 3.8) is 0 Å². The molecule has 0 saturated heterocycles. The number of hydrogen-bond acceptors (Lipinski definition) is 2. The molecule has 0 saturated carbocycles. The van der Waals surface area contributed by atoms with Gasteiger partial charge in [-0.2, -0.15) is 0 Å². The minimum absolute atomic E-state index is 0. The van der Waals surface area contributed by atoms with Crippen molar-refractivity contribution in [2.45, 2.75) is 13.1 Å². The van der Waals surface area contributed by atoms with Gasteiger partial charge in [0.15, 0.2) is 0 Å². The van der Waals surface area contributed by atoms with E-state index < -0.39 is 8.07 Å². The van der Waals surface area contributed by atoms with Gasteiger partial charge in [-0.15, -0.1) is 71.3 Å². The number of rotatable bonds is 4. The van der Waals surface area contributed by atoms with Crippen LogP contribution >= 0.6 is 0 Å². The van der Waals surface area contributed by atoms with Crippen molar-refractivity contribution in [1.82, 2.24) is 9.97 Å². The van der Waals surface area contributed by atoms with Gasteiger partial charge in [0, 0.05) is 32.5 Å². The van der Waals surface area contributed by atoms with E-state index in [1.165, 1.54) is 33.4 Å². The molecule has 1 radical (unpaired) electrons. The van der Waals surface area contributed by atoms with Gasteiger partial charge < -0.3 is 9.97 Å². The Balaban J connectivity index is 0.000000241. The average Bonchev–Trinajstić information content (AvgIpc) is 3.35. The summed E-state index contributed by atoms with van der Waals surface area (Å²) in [6.45, 7) is 4.94. The molecule has 0 atom stereocenters. The molecule has 5 aromatic carbocycles. The number of pyridine rings is 2. The topological polar surface area (TPSA) is 25.8 Å². The summed E-state index contributed by atoms with van der Waals surface area (Å²) in [7, 11) is -1.66. The number of fused-ring (bicyclic) bond motifs is 3. The summed E-state index contributed by atoms with van der Waals surface area (Å²) in [6, 6.07) is 57.3. The molecule has 0 amide bonds. The SMILES string of the molecule is C[Si]1(C)c2ccccc2-c2ccc(-c3ccc(-c4cc[c-]c(-c5ccccn5)c4)cc3)cc21.[Ir].[c-]1ccccc1-c1ccccn1. The fraction of sp³-hybridized carbons (Fsp3) is 0.0476. The van der Waals surface area contributed by atoms with Crippen LogP contribution in [0.5, 0.6) is 0 Å². The summed E-state index contributed by atoms with van der Waals surface area (Å²) >= 11 is 0. The second kappa shape index (κ2) is 13.7. The first-order valence-corrected chi connectivity index (χ1v) is 18.2. The smallest absolute Gasteiger partial charge is 0.113 e. The molecule has 4 heteroatoms. The van der Waals surface area contributed by atoms with Crippen LogP contribution < -0.4 is 10.4 Å². The van der Waals surface area contributed by atoms with E-state index in [2.05, 4.69) is 114 Å². The van der Waals surface area contributed by atoms with Gasteiger partial charge in [0.2, 0.25) is 0 Å². The molecular weight excluding hydrogens is 753 g/mol. The molecule has 0 aliphatic carbocycles. The van der Waals surface area contributed by atoms with Crippen molar-refractivity contribution < 1.29 is 20.1 Å². The van der Waals surface area contributed by atoms with Crippen LogP contribution in [-0.2, 0) is 20.1 Å². The molecule has 1 aliphatic heterocycles. The number of aromatic nitrogens is 2. The van der Waals surface area contributed by atoms with Gasteiger partial charge in [-0.05, 0) is 61.7 Å². The summed E-state index contributed by atoms with van der Waals surface area (Å²) in [5, 5.41) is 3.10. The first-order chi connectivity index (χ1) is 22.1. The number of benzene rings is 5. The van der Waals surface area contributed by atoms with Crippen LogP contribution in [0.25, 0.3) is 55.9 Å². The largest absolute Gasteiger partial charge is 0.305 e. The van der Waals surface area contributed by atoms with Gasteiger partial charge in [0.25, 0.3) is 0 Å². The molecule has 225 valence electrons. The van der Waals surface area contributed by atoms with Crippen LogP contribution in [0, 0.1) is 12.1 Å². The first kappa shape index (κ1) is 31.3. The van der Waals surface area contributed by atoms with E-state index in [-0.39, 0.29) is 20.1 Å². The third kappa shape index (κ3) is 6.34. The van der Waals surface area contributed by atoms with Crippen LogP contribution in [0.3, 0.4) is 0 Å². The normalized spacial score (nSPS) is 12.1. The fourth-order valence-corrected chi connectivity index (χ4v) is 9.23. The van der Waals surface area contributed by atoms with E-state index in [0.29, 0.717) is 0 Å². The summed E-state index contributed by atoms with van der Waals surface area (Å²) in [5.41, 5.74) is 11.8. The summed E-state index contributed by atoms with van der Waals surface area (Å²) in [6.07, 6.45) is 3.61. The molecule has 1 aliphatic rings. The van der Waals surface area contributed by atoms with Crippen LogP contribution in [-0.4, -0.2) is 18.0 Å². The van der Waals surface area contributed by atoms with Crippen molar-refractivity contribution in [3.8, 4) is 55.9 Å². The predicted molar refractivity (Wildman–Crippen MR) is 190 cm³/mol. The fourth-order valence-electron chi connectivity index (χ4n) is 6.13. The molecule has 0 spiro atoms. The van der Waals surface area contributed by atoms with Gasteiger partial charge in [-0.3, -0.25) is 0 Å². The molecule has 2 nitrogen and oxygen atoms in total. The van der Waals surface area contributed by atoms with Gasteiger partial charge in [-0.25, -0.2) is 0 Å². The van der Waals surface area contributed by atoms with E-state index >= 15 is 0 Å². The maximum absolute atomic E-state index is 4.46. The standard InChI is InChI=1S/C31H24NSi.C11H8N.Ir/c1-33(2)30-12-4-3-10-27(30)28-18-17-25(21-31(28)33)23-15-13-22(14-16-23)24-8-7-9-26(20-24)29-11-5-6-19-32-29;1-2-6-10(7-3-1)11-8-4-5-9-12-11;/h3-8,10-21H,1-2H3;1-6,8-9H;/q2*-1;. The average molecular weight is 785 g/mol. The van der Waals surface area contributed by atoms with E-state index in [9.17, 15) is 0 Å². The van der Waals surface area contributed by atoms with Crippen LogP contribution in [0.1, 0.15) is 0 Å². The Morgan fingerprint density at radius 1 is 0.457 bits per heavy atom. The van der Waals surface area contributed by atoms with Crippen LogP contribution in [0.4, 0.5) is 0 Å². The van der Waals surface area contributed by atoms with Gasteiger partial charge in [0.1, 0.15) is 8.07 Å². The molecule has 3 heterocycles. The van der Waals surface area contributed by atoms with Gasteiger partial charge in [-0.1, -0.05) is 104 Å². The Bertz CT molecular complexity index is 2020. The molecule has 0 fully saturated rings. The second-order valence-corrected chi connectivity index (χ2v) is 16.0. The minimum Gasteiger partial charge on any atom is -0.305 e. The molecule has 46 heavy (non-hydrogen) atoms. The molecule has 2 aromatic heterocycles. The Morgan fingerprint density at radius 3 is 1.67 bits per heavy atom. The van der Waals surface area contributed by atoms with E-state index in [4.69, 9.17) is 0 Å². The van der Waals surface area contributed by atoms with Gasteiger partial charge in [0.05, 0.1) is 0 Å². The predicted octanol–water partition coefficient (Wildman–Crippen LogP) is 9.23. The van der Waals surface area contributed by atoms with Crippen molar-refractivity contribution in [2.24, 2.45) is 0 Å². The Kier molecular flexibility index (Phi) is 9.32. The maximum atomic E-state index is 4.46. The summed E-state index contributed by atoms with van der Waals surface area (Å²) in [4.78, 5) is 8.68. The Hall–Kier alpha value is -4.73. The zero-order chi connectivity index (χ0) is 30.6. The first-order valence-electron chi connectivity index (χ1n) is 15.2. The monoisotopic (exact) mass is 785 g/mol.